The van der Waals surface area contributed by atoms with Crippen molar-refractivity contribution in [1.82, 2.24) is 10.2 Å². The predicted octanol–water partition coefficient (Wildman–Crippen LogP) is 2.42. The number of nitrogens with zero attached hydrogens (tertiary/aromatic N) is 1. The van der Waals surface area contributed by atoms with Crippen LogP contribution in [0.5, 0.6) is 0 Å². The van der Waals surface area contributed by atoms with E-state index in [1.807, 2.05) is 25.7 Å². The van der Waals surface area contributed by atoms with Crippen LogP contribution in [0.4, 0.5) is 4.79 Å². The number of nitrogens with one attached hydrogen (secondary N) is 1. The Kier molecular flexibility index (Phi) is 6.87. The Morgan fingerprint density at radius 1 is 1.47 bits per heavy atom. The summed E-state index contributed by atoms with van der Waals surface area (Å²) in [5, 5.41) is 3.42. The van der Waals surface area contributed by atoms with Gasteiger partial charge >= 0.3 is 6.09 Å². The quantitative estimate of drug-likeness (QED) is 0.833. The third-order valence-electron chi connectivity index (χ3n) is 2.54. The highest BCUT2D eigenvalue weighted by Crippen LogP contribution is 2.12. The van der Waals surface area contributed by atoms with Crippen molar-refractivity contribution >= 4 is 18.5 Å². The van der Waals surface area contributed by atoms with Gasteiger partial charge in [-0.25, -0.2) is 4.79 Å². The van der Waals surface area contributed by atoms with E-state index in [9.17, 15) is 4.79 Å². The Morgan fingerprint density at radius 2 is 2.12 bits per heavy atom. The number of carbonyl (C=O) groups excluding carboxylic acids is 1. The molecule has 1 atom stereocenters. The van der Waals surface area contributed by atoms with E-state index in [1.165, 1.54) is 0 Å². The molecular formula is C12H25ClN2O2. The standard InChI is InChI=1S/C12H24N2O2.ClH/c1-5-6-10-9-14(8-7-13-10)11(15)16-12(2,3)4;/h10,13H,5-9H2,1-4H3;1H/t10-;/m0./s1. The summed E-state index contributed by atoms with van der Waals surface area (Å²) in [4.78, 5) is 13.6. The summed E-state index contributed by atoms with van der Waals surface area (Å²) in [6.45, 7) is 10.2. The molecule has 0 bridgehead atoms. The molecule has 0 aromatic heterocycles. The first-order valence-electron chi connectivity index (χ1n) is 6.13. The van der Waals surface area contributed by atoms with Crippen molar-refractivity contribution in [2.45, 2.75) is 52.2 Å². The molecule has 1 fully saturated rings. The van der Waals surface area contributed by atoms with Gasteiger partial charge in [-0.3, -0.25) is 0 Å². The lowest BCUT2D eigenvalue weighted by molar-refractivity contribution is 0.0192. The van der Waals surface area contributed by atoms with Gasteiger partial charge in [0, 0.05) is 25.7 Å². The number of ether oxygens (including phenoxy) is 1. The molecule has 1 N–H and O–H groups in total. The number of carbonyl (C=O) groups is 1. The zero-order valence-electron chi connectivity index (χ0n) is 11.3. The number of hydrogen-bond donors (Lipinski definition) is 1. The summed E-state index contributed by atoms with van der Waals surface area (Å²) in [6.07, 6.45) is 2.06. The van der Waals surface area contributed by atoms with Crippen LogP contribution in [0.15, 0.2) is 0 Å². The van der Waals surface area contributed by atoms with Gasteiger partial charge < -0.3 is 15.0 Å². The third kappa shape index (κ3) is 6.13. The molecule has 5 heteroatoms. The largest absolute Gasteiger partial charge is 0.444 e. The van der Waals surface area contributed by atoms with Crippen molar-refractivity contribution in [2.24, 2.45) is 0 Å². The Hall–Kier alpha value is -0.480. The highest BCUT2D eigenvalue weighted by Gasteiger charge is 2.26. The number of hydrogen-bond acceptors (Lipinski definition) is 3. The molecule has 1 aliphatic rings. The van der Waals surface area contributed by atoms with Gasteiger partial charge in [0.05, 0.1) is 0 Å². The smallest absolute Gasteiger partial charge is 0.410 e. The summed E-state index contributed by atoms with van der Waals surface area (Å²) in [7, 11) is 0. The fraction of sp³-hybridized carbons (Fsp3) is 0.917. The fourth-order valence-corrected chi connectivity index (χ4v) is 1.86. The molecule has 1 rings (SSSR count). The SMILES string of the molecule is CCC[C@H]1CN(C(=O)OC(C)(C)C)CCN1.Cl. The minimum Gasteiger partial charge on any atom is -0.444 e. The maximum absolute atomic E-state index is 11.8. The highest BCUT2D eigenvalue weighted by atomic mass is 35.5. The minimum atomic E-state index is -0.401. The van der Waals surface area contributed by atoms with Crippen LogP contribution in [0, 0.1) is 0 Å². The van der Waals surface area contributed by atoms with Crippen molar-refractivity contribution < 1.29 is 9.53 Å². The second-order valence-electron chi connectivity index (χ2n) is 5.37. The second kappa shape index (κ2) is 7.07. The van der Waals surface area contributed by atoms with Gasteiger partial charge in [0.2, 0.25) is 0 Å². The molecule has 1 aliphatic heterocycles. The summed E-state index contributed by atoms with van der Waals surface area (Å²) in [5.41, 5.74) is -0.401. The zero-order valence-corrected chi connectivity index (χ0v) is 12.1. The molecule has 1 amide bonds. The number of amides is 1. The van der Waals surface area contributed by atoms with Crippen molar-refractivity contribution in [3.8, 4) is 0 Å². The lowest BCUT2D eigenvalue weighted by atomic mass is 10.1. The van der Waals surface area contributed by atoms with Crippen molar-refractivity contribution in [3.63, 3.8) is 0 Å². The molecule has 4 nitrogen and oxygen atoms in total. The second-order valence-corrected chi connectivity index (χ2v) is 5.37. The highest BCUT2D eigenvalue weighted by molar-refractivity contribution is 5.85. The normalized spacial score (nSPS) is 20.7. The van der Waals surface area contributed by atoms with Crippen LogP contribution < -0.4 is 5.32 Å². The van der Waals surface area contributed by atoms with E-state index in [-0.39, 0.29) is 18.5 Å². The summed E-state index contributed by atoms with van der Waals surface area (Å²) in [5.74, 6) is 0. The van der Waals surface area contributed by atoms with E-state index in [0.29, 0.717) is 6.04 Å². The third-order valence-corrected chi connectivity index (χ3v) is 2.54. The van der Waals surface area contributed by atoms with Crippen LogP contribution in [0.1, 0.15) is 40.5 Å². The van der Waals surface area contributed by atoms with E-state index in [0.717, 1.165) is 32.5 Å². The molecule has 0 spiro atoms. The number of halogens is 1. The maximum atomic E-state index is 11.8. The van der Waals surface area contributed by atoms with Crippen molar-refractivity contribution in [2.75, 3.05) is 19.6 Å². The van der Waals surface area contributed by atoms with Gasteiger partial charge in [-0.15, -0.1) is 12.4 Å². The van der Waals surface area contributed by atoms with Crippen LogP contribution in [0.2, 0.25) is 0 Å². The Balaban J connectivity index is 0.00000256. The Bertz CT molecular complexity index is 239. The van der Waals surface area contributed by atoms with E-state index >= 15 is 0 Å². The van der Waals surface area contributed by atoms with Gasteiger partial charge in [0.15, 0.2) is 0 Å². The Morgan fingerprint density at radius 3 is 2.65 bits per heavy atom. The van der Waals surface area contributed by atoms with Gasteiger partial charge in [0.1, 0.15) is 5.60 Å². The first-order chi connectivity index (χ1) is 7.42. The lowest BCUT2D eigenvalue weighted by Gasteiger charge is -2.34. The van der Waals surface area contributed by atoms with Crippen LogP contribution in [-0.2, 0) is 4.74 Å². The van der Waals surface area contributed by atoms with Crippen LogP contribution in [0.25, 0.3) is 0 Å². The number of rotatable bonds is 2. The molecular weight excluding hydrogens is 240 g/mol. The number of piperazine rings is 1. The molecule has 1 heterocycles. The van der Waals surface area contributed by atoms with E-state index in [4.69, 9.17) is 4.74 Å². The fourth-order valence-electron chi connectivity index (χ4n) is 1.86. The topological polar surface area (TPSA) is 41.6 Å². The van der Waals surface area contributed by atoms with Gasteiger partial charge in [-0.2, -0.15) is 0 Å². The van der Waals surface area contributed by atoms with E-state index < -0.39 is 5.60 Å². The molecule has 0 aromatic carbocycles. The van der Waals surface area contributed by atoms with E-state index in [1.54, 1.807) is 0 Å². The minimum absolute atomic E-state index is 0. The molecule has 17 heavy (non-hydrogen) atoms. The van der Waals surface area contributed by atoms with Gasteiger partial charge in [0.25, 0.3) is 0 Å². The molecule has 0 aromatic rings. The predicted molar refractivity (Wildman–Crippen MR) is 71.8 cm³/mol. The molecule has 0 unspecified atom stereocenters. The summed E-state index contributed by atoms with van der Waals surface area (Å²) in [6, 6.07) is 0.422. The molecule has 0 radical (unpaired) electrons. The molecule has 102 valence electrons. The first-order valence-corrected chi connectivity index (χ1v) is 6.13. The lowest BCUT2D eigenvalue weighted by Crippen LogP contribution is -2.53. The Labute approximate surface area is 110 Å². The molecule has 0 aliphatic carbocycles. The van der Waals surface area contributed by atoms with Crippen molar-refractivity contribution in [3.05, 3.63) is 0 Å². The van der Waals surface area contributed by atoms with Crippen LogP contribution in [0.3, 0.4) is 0 Å². The maximum Gasteiger partial charge on any atom is 0.410 e. The average Bonchev–Trinajstić information content (AvgIpc) is 2.16. The summed E-state index contributed by atoms with van der Waals surface area (Å²) < 4.78 is 5.36. The van der Waals surface area contributed by atoms with Gasteiger partial charge in [-0.05, 0) is 27.2 Å². The van der Waals surface area contributed by atoms with Gasteiger partial charge in [-0.1, -0.05) is 13.3 Å². The van der Waals surface area contributed by atoms with Crippen molar-refractivity contribution in [1.29, 1.82) is 0 Å². The monoisotopic (exact) mass is 264 g/mol. The van der Waals surface area contributed by atoms with E-state index in [2.05, 4.69) is 12.2 Å². The summed E-state index contributed by atoms with van der Waals surface area (Å²) >= 11 is 0. The molecule has 1 saturated heterocycles. The zero-order chi connectivity index (χ0) is 12.2. The van der Waals surface area contributed by atoms with Crippen LogP contribution >= 0.6 is 12.4 Å². The van der Waals surface area contributed by atoms with Crippen LogP contribution in [-0.4, -0.2) is 42.3 Å². The molecule has 0 saturated carbocycles. The average molecular weight is 265 g/mol. The first kappa shape index (κ1) is 16.5.